The molecule has 0 N–H and O–H groups in total. The van der Waals surface area contributed by atoms with Gasteiger partial charge in [-0.1, -0.05) is 172 Å². The van der Waals surface area contributed by atoms with E-state index in [1.54, 1.807) is 0 Å². The highest BCUT2D eigenvalue weighted by Gasteiger charge is 2.41. The van der Waals surface area contributed by atoms with Gasteiger partial charge in [0.15, 0.2) is 0 Å². The molecule has 7 aromatic rings. The van der Waals surface area contributed by atoms with Gasteiger partial charge in [-0.05, 0) is 144 Å². The van der Waals surface area contributed by atoms with Gasteiger partial charge in [0.05, 0.1) is 5.69 Å². The van der Waals surface area contributed by atoms with Gasteiger partial charge in [0, 0.05) is 33.2 Å². The molecule has 0 unspecified atom stereocenters. The molecule has 0 bridgehead atoms. The largest absolute Gasteiger partial charge is 0.310 e. The molecular formula is C59H57N. The van der Waals surface area contributed by atoms with Crippen LogP contribution in [0.2, 0.25) is 0 Å². The SMILES string of the molecule is CC1(C)CCC(C)(C)c2cc(-c3cc4c(cc3N(c3ccc5c(c3)C(C)(C)c3ccccc3-5)c3ccc5c(c3)C(C)(C)c3ccccc3-5)C(C)(C)c3ccccc3-4)ccc21. The minimum absolute atomic E-state index is 0.0905. The fourth-order valence-electron chi connectivity index (χ4n) is 12.0. The second kappa shape index (κ2) is 12.2. The van der Waals surface area contributed by atoms with E-state index in [0.29, 0.717) is 0 Å². The summed E-state index contributed by atoms with van der Waals surface area (Å²) in [6.07, 6.45) is 2.38. The van der Waals surface area contributed by atoms with E-state index in [0.717, 1.165) is 0 Å². The Morgan fingerprint density at radius 3 is 1.23 bits per heavy atom. The van der Waals surface area contributed by atoms with Crippen molar-refractivity contribution < 1.29 is 0 Å². The summed E-state index contributed by atoms with van der Waals surface area (Å²) < 4.78 is 0. The van der Waals surface area contributed by atoms with Gasteiger partial charge in [0.1, 0.15) is 0 Å². The molecule has 0 saturated carbocycles. The number of benzene rings is 7. The molecule has 0 fully saturated rings. The highest BCUT2D eigenvalue weighted by Crippen LogP contribution is 2.57. The fourth-order valence-corrected chi connectivity index (χ4v) is 12.0. The summed E-state index contributed by atoms with van der Waals surface area (Å²) in [5.41, 5.74) is 25.4. The molecule has 0 aromatic heterocycles. The van der Waals surface area contributed by atoms with Crippen molar-refractivity contribution in [3.05, 3.63) is 184 Å². The molecule has 60 heavy (non-hydrogen) atoms. The monoisotopic (exact) mass is 779 g/mol. The topological polar surface area (TPSA) is 3.24 Å². The normalized spacial score (nSPS) is 18.4. The average Bonchev–Trinajstić information content (AvgIpc) is 3.71. The zero-order valence-corrected chi connectivity index (χ0v) is 37.1. The van der Waals surface area contributed by atoms with Crippen LogP contribution in [0.15, 0.2) is 140 Å². The van der Waals surface area contributed by atoms with Crippen LogP contribution in [0, 0.1) is 0 Å². The summed E-state index contributed by atoms with van der Waals surface area (Å²) in [7, 11) is 0. The first-order valence-corrected chi connectivity index (χ1v) is 22.2. The van der Waals surface area contributed by atoms with E-state index in [2.05, 4.69) is 214 Å². The van der Waals surface area contributed by atoms with Crippen molar-refractivity contribution in [1.29, 1.82) is 0 Å². The first-order valence-electron chi connectivity index (χ1n) is 22.2. The molecule has 0 radical (unpaired) electrons. The lowest BCUT2D eigenvalue weighted by Crippen LogP contribution is -2.33. The van der Waals surface area contributed by atoms with Crippen LogP contribution < -0.4 is 4.90 Å². The first-order chi connectivity index (χ1) is 28.5. The van der Waals surface area contributed by atoms with Gasteiger partial charge in [-0.2, -0.15) is 0 Å². The van der Waals surface area contributed by atoms with E-state index < -0.39 is 0 Å². The van der Waals surface area contributed by atoms with Gasteiger partial charge in [-0.15, -0.1) is 0 Å². The Balaban J connectivity index is 1.21. The minimum Gasteiger partial charge on any atom is -0.310 e. The number of fused-ring (bicyclic) bond motifs is 10. The number of anilines is 3. The van der Waals surface area contributed by atoms with Crippen molar-refractivity contribution in [2.75, 3.05) is 4.90 Å². The maximum absolute atomic E-state index is 2.61. The Kier molecular flexibility index (Phi) is 7.61. The van der Waals surface area contributed by atoms with Crippen LogP contribution in [-0.2, 0) is 27.1 Å². The molecule has 0 aliphatic heterocycles. The molecule has 1 nitrogen and oxygen atoms in total. The number of hydrogen-bond acceptors (Lipinski definition) is 1. The summed E-state index contributed by atoms with van der Waals surface area (Å²) in [5.74, 6) is 0. The predicted molar refractivity (Wildman–Crippen MR) is 255 cm³/mol. The van der Waals surface area contributed by atoms with Crippen molar-refractivity contribution >= 4 is 17.1 Å². The lowest BCUT2D eigenvalue weighted by Gasteiger charge is -2.42. The second-order valence-corrected chi connectivity index (χ2v) is 21.3. The van der Waals surface area contributed by atoms with Crippen LogP contribution in [0.25, 0.3) is 44.5 Å². The summed E-state index contributed by atoms with van der Waals surface area (Å²) in [5, 5.41) is 0. The average molecular weight is 780 g/mol. The van der Waals surface area contributed by atoms with Crippen molar-refractivity contribution in [3.8, 4) is 44.5 Å². The minimum atomic E-state index is -0.157. The maximum atomic E-state index is 2.61. The standard InChI is InChI=1S/C59H57N/c1-55(2)29-30-56(3,4)53-31-36(23-28-49(53)55)44-34-45-41-19-13-16-22-48(41)59(9,10)52(45)35-54(44)60(37-24-26-42-39-17-11-14-20-46(39)57(5,6)50(42)32-37)38-25-27-43-40-18-12-15-21-47(40)58(7,8)51(43)33-38/h11-28,31-35H,29-30H2,1-10H3. The van der Waals surface area contributed by atoms with Crippen molar-refractivity contribution in [3.63, 3.8) is 0 Å². The van der Waals surface area contributed by atoms with Crippen molar-refractivity contribution in [2.24, 2.45) is 0 Å². The van der Waals surface area contributed by atoms with Crippen molar-refractivity contribution in [2.45, 2.75) is 109 Å². The Hall–Kier alpha value is -5.66. The van der Waals surface area contributed by atoms with Crippen LogP contribution >= 0.6 is 0 Å². The van der Waals surface area contributed by atoms with Crippen molar-refractivity contribution in [1.82, 2.24) is 0 Å². The van der Waals surface area contributed by atoms with Crippen LogP contribution in [0.1, 0.15) is 127 Å². The molecule has 0 spiro atoms. The molecule has 0 amide bonds. The van der Waals surface area contributed by atoms with E-state index in [1.165, 1.54) is 119 Å². The lowest BCUT2D eigenvalue weighted by atomic mass is 9.63. The zero-order valence-electron chi connectivity index (χ0n) is 37.1. The third kappa shape index (κ3) is 5.05. The summed E-state index contributed by atoms with van der Waals surface area (Å²) >= 11 is 0. The second-order valence-electron chi connectivity index (χ2n) is 21.3. The summed E-state index contributed by atoms with van der Waals surface area (Å²) in [4.78, 5) is 2.61. The summed E-state index contributed by atoms with van der Waals surface area (Å²) in [6, 6.07) is 54.3. The zero-order chi connectivity index (χ0) is 41.7. The highest BCUT2D eigenvalue weighted by atomic mass is 15.1. The Labute approximate surface area is 358 Å². The predicted octanol–water partition coefficient (Wildman–Crippen LogP) is 16.1. The van der Waals surface area contributed by atoms with E-state index >= 15 is 0 Å². The van der Waals surface area contributed by atoms with Crippen LogP contribution in [0.3, 0.4) is 0 Å². The fraction of sp³-hybridized carbons (Fsp3) is 0.288. The Morgan fingerprint density at radius 1 is 0.317 bits per heavy atom. The Bertz CT molecular complexity index is 2860. The first kappa shape index (κ1) is 37.3. The highest BCUT2D eigenvalue weighted by molar-refractivity contribution is 5.96. The molecule has 4 aliphatic carbocycles. The quantitative estimate of drug-likeness (QED) is 0.172. The molecule has 1 heteroatoms. The van der Waals surface area contributed by atoms with Crippen LogP contribution in [0.5, 0.6) is 0 Å². The molecule has 0 heterocycles. The van der Waals surface area contributed by atoms with Gasteiger partial charge >= 0.3 is 0 Å². The van der Waals surface area contributed by atoms with E-state index in [9.17, 15) is 0 Å². The third-order valence-electron chi connectivity index (χ3n) is 15.8. The van der Waals surface area contributed by atoms with E-state index in [4.69, 9.17) is 0 Å². The molecule has 0 saturated heterocycles. The molecule has 0 atom stereocenters. The Morgan fingerprint density at radius 2 is 0.733 bits per heavy atom. The van der Waals surface area contributed by atoms with Crippen LogP contribution in [0.4, 0.5) is 17.1 Å². The van der Waals surface area contributed by atoms with Gasteiger partial charge in [-0.3, -0.25) is 0 Å². The number of nitrogens with zero attached hydrogens (tertiary/aromatic N) is 1. The van der Waals surface area contributed by atoms with Gasteiger partial charge in [0.25, 0.3) is 0 Å². The van der Waals surface area contributed by atoms with Gasteiger partial charge in [-0.25, -0.2) is 0 Å². The number of hydrogen-bond donors (Lipinski definition) is 0. The molecule has 7 aromatic carbocycles. The lowest BCUT2D eigenvalue weighted by molar-refractivity contribution is 0.332. The maximum Gasteiger partial charge on any atom is 0.0543 e. The number of rotatable bonds is 4. The van der Waals surface area contributed by atoms with Gasteiger partial charge in [0.2, 0.25) is 0 Å². The van der Waals surface area contributed by atoms with E-state index in [1.807, 2.05) is 0 Å². The molecule has 4 aliphatic rings. The molecular weight excluding hydrogens is 723 g/mol. The van der Waals surface area contributed by atoms with E-state index in [-0.39, 0.29) is 27.1 Å². The van der Waals surface area contributed by atoms with Gasteiger partial charge < -0.3 is 4.90 Å². The molecule has 298 valence electrons. The van der Waals surface area contributed by atoms with Crippen LogP contribution in [-0.4, -0.2) is 0 Å². The smallest absolute Gasteiger partial charge is 0.0543 e. The summed E-state index contributed by atoms with van der Waals surface area (Å²) in [6.45, 7) is 24.2. The molecule has 11 rings (SSSR count). The third-order valence-corrected chi connectivity index (χ3v) is 15.8.